The normalized spacial score (nSPS) is 19.1. The summed E-state index contributed by atoms with van der Waals surface area (Å²) in [6.07, 6.45) is -3.85. The Balaban J connectivity index is 1.39. The molecule has 2 amide bonds. The molecule has 1 aliphatic carbocycles. The molecule has 2 atom stereocenters. The van der Waals surface area contributed by atoms with Gasteiger partial charge in [0.15, 0.2) is 5.78 Å². The van der Waals surface area contributed by atoms with Crippen LogP contribution in [0, 0.1) is 18.6 Å². The van der Waals surface area contributed by atoms with E-state index in [1.807, 2.05) is 0 Å². The van der Waals surface area contributed by atoms with Crippen molar-refractivity contribution in [1.82, 2.24) is 14.8 Å². The number of ketones is 1. The van der Waals surface area contributed by atoms with Crippen LogP contribution in [0.2, 0.25) is 0 Å². The van der Waals surface area contributed by atoms with Crippen molar-refractivity contribution < 1.29 is 41.1 Å². The number of amides is 2. The third-order valence-electron chi connectivity index (χ3n) is 7.43. The van der Waals surface area contributed by atoms with Crippen LogP contribution < -0.4 is 0 Å². The van der Waals surface area contributed by atoms with Gasteiger partial charge in [-0.25, -0.2) is 8.78 Å². The summed E-state index contributed by atoms with van der Waals surface area (Å²) in [4.78, 5) is 45.5. The number of halogens is 5. The maximum absolute atomic E-state index is 13.6. The van der Waals surface area contributed by atoms with E-state index in [0.717, 1.165) is 30.2 Å². The lowest BCUT2D eigenvalue weighted by atomic mass is 9.92. The van der Waals surface area contributed by atoms with Crippen molar-refractivity contribution in [2.45, 2.75) is 44.6 Å². The monoisotopic (exact) mass is 573 g/mol. The number of hydrogen-bond donors (Lipinski definition) is 0. The minimum absolute atomic E-state index is 0.154. The van der Waals surface area contributed by atoms with Gasteiger partial charge in [-0.1, -0.05) is 24.3 Å². The number of carbonyl (C=O) groups excluding carboxylic acids is 3. The maximum atomic E-state index is 13.6. The van der Waals surface area contributed by atoms with Gasteiger partial charge in [-0.05, 0) is 54.8 Å². The third kappa shape index (κ3) is 5.08. The number of fused-ring (bicyclic) bond motifs is 2. The van der Waals surface area contributed by atoms with Crippen molar-refractivity contribution in [2.75, 3.05) is 13.3 Å². The smallest absolute Gasteiger partial charge is 0.332 e. The first-order valence-electron chi connectivity index (χ1n) is 12.6. The summed E-state index contributed by atoms with van der Waals surface area (Å²) in [5.74, 6) is -3.52. The molecule has 2 aliphatic rings. The van der Waals surface area contributed by atoms with Crippen LogP contribution in [0.1, 0.15) is 29.2 Å². The highest BCUT2D eigenvalue weighted by atomic mass is 19.4. The Labute approximate surface area is 231 Å². The molecule has 2 heterocycles. The molecule has 0 N–H and O–H groups in total. The molecule has 0 bridgehead atoms. The van der Waals surface area contributed by atoms with E-state index in [1.54, 1.807) is 19.1 Å². The molecule has 1 spiro atoms. The molecule has 3 aromatic rings. The van der Waals surface area contributed by atoms with E-state index < -0.39 is 66.9 Å². The lowest BCUT2D eigenvalue weighted by Crippen LogP contribution is -2.51. The highest BCUT2D eigenvalue weighted by Crippen LogP contribution is 2.43. The highest BCUT2D eigenvalue weighted by molar-refractivity contribution is 6.15. The first kappa shape index (κ1) is 28.3. The van der Waals surface area contributed by atoms with Crippen molar-refractivity contribution >= 4 is 17.6 Å². The van der Waals surface area contributed by atoms with Crippen LogP contribution in [-0.2, 0) is 37.7 Å². The number of ether oxygens (including phenoxy) is 1. The van der Waals surface area contributed by atoms with E-state index in [9.17, 15) is 36.3 Å². The molecule has 12 heteroatoms. The van der Waals surface area contributed by atoms with E-state index >= 15 is 0 Å². The number of carbonyl (C=O) groups is 3. The predicted molar refractivity (Wildman–Crippen MR) is 135 cm³/mol. The summed E-state index contributed by atoms with van der Waals surface area (Å²) < 4.78 is 73.5. The van der Waals surface area contributed by atoms with Crippen molar-refractivity contribution in [3.63, 3.8) is 0 Å². The van der Waals surface area contributed by atoms with Crippen molar-refractivity contribution in [3.8, 4) is 11.3 Å². The molecule has 2 aromatic carbocycles. The third-order valence-corrected chi connectivity index (χ3v) is 7.43. The summed E-state index contributed by atoms with van der Waals surface area (Å²) in [6.45, 7) is 0.776. The van der Waals surface area contributed by atoms with Gasteiger partial charge in [-0.15, -0.1) is 0 Å². The highest BCUT2D eigenvalue weighted by Gasteiger charge is 2.59. The fourth-order valence-electron chi connectivity index (χ4n) is 5.21. The Morgan fingerprint density at radius 2 is 1.80 bits per heavy atom. The Hall–Kier alpha value is -4.19. The Morgan fingerprint density at radius 3 is 2.46 bits per heavy atom. The molecule has 41 heavy (non-hydrogen) atoms. The minimum atomic E-state index is -4.77. The number of alkyl halides is 3. The first-order chi connectivity index (χ1) is 19.3. The van der Waals surface area contributed by atoms with Crippen LogP contribution in [0.5, 0.6) is 0 Å². The second-order valence-corrected chi connectivity index (χ2v) is 10.1. The number of aromatic nitrogens is 1. The summed E-state index contributed by atoms with van der Waals surface area (Å²) in [6, 6.07) is 8.60. The van der Waals surface area contributed by atoms with Crippen LogP contribution in [0.3, 0.4) is 0 Å². The number of pyridine rings is 1. The summed E-state index contributed by atoms with van der Waals surface area (Å²) >= 11 is 0. The molecule has 1 aromatic heterocycles. The molecule has 1 aliphatic heterocycles. The average Bonchev–Trinajstić information content (AvgIpc) is 3.38. The van der Waals surface area contributed by atoms with E-state index in [1.165, 1.54) is 24.3 Å². The van der Waals surface area contributed by atoms with Gasteiger partial charge in [-0.2, -0.15) is 13.2 Å². The lowest BCUT2D eigenvalue weighted by molar-refractivity contribution is -0.187. The lowest BCUT2D eigenvalue weighted by Gasteiger charge is -2.32. The average molecular weight is 574 g/mol. The van der Waals surface area contributed by atoms with Gasteiger partial charge in [0, 0.05) is 24.1 Å². The first-order valence-corrected chi connectivity index (χ1v) is 12.6. The molecule has 1 saturated heterocycles. The van der Waals surface area contributed by atoms with Crippen LogP contribution in [-0.4, -0.2) is 57.9 Å². The van der Waals surface area contributed by atoms with Crippen molar-refractivity contribution in [2.24, 2.45) is 0 Å². The van der Waals surface area contributed by atoms with Gasteiger partial charge in [0.05, 0.1) is 11.9 Å². The topological polar surface area (TPSA) is 79.8 Å². The number of rotatable bonds is 6. The molecule has 1 fully saturated rings. The van der Waals surface area contributed by atoms with Crippen LogP contribution in [0.4, 0.5) is 22.0 Å². The summed E-state index contributed by atoms with van der Waals surface area (Å²) in [7, 11) is 0. The van der Waals surface area contributed by atoms with Crippen LogP contribution >= 0.6 is 0 Å². The van der Waals surface area contributed by atoms with Gasteiger partial charge in [-0.3, -0.25) is 19.4 Å². The van der Waals surface area contributed by atoms with Crippen molar-refractivity contribution in [1.29, 1.82) is 0 Å². The quantitative estimate of drug-likeness (QED) is 0.322. The number of nitrogens with zero attached hydrogens (tertiary/aromatic N) is 3. The molecule has 214 valence electrons. The molecule has 0 unspecified atom stereocenters. The zero-order valence-corrected chi connectivity index (χ0v) is 22.0. The molecule has 0 saturated carbocycles. The summed E-state index contributed by atoms with van der Waals surface area (Å²) in [5, 5.41) is 0. The molecule has 0 radical (unpaired) electrons. The maximum Gasteiger partial charge on any atom is 0.408 e. The number of Topliss-reactive ketones (excluding diaryl/α,β-unsaturated/α-hetero) is 1. The van der Waals surface area contributed by atoms with Gasteiger partial charge in [0.1, 0.15) is 31.0 Å². The molecular weight excluding hydrogens is 549 g/mol. The fraction of sp³-hybridized carbons (Fsp3) is 0.310. The Morgan fingerprint density at radius 1 is 1.10 bits per heavy atom. The Kier molecular flexibility index (Phi) is 7.14. The van der Waals surface area contributed by atoms with Crippen LogP contribution in [0.25, 0.3) is 11.3 Å². The van der Waals surface area contributed by atoms with E-state index in [4.69, 9.17) is 4.74 Å². The second kappa shape index (κ2) is 10.3. The second-order valence-electron chi connectivity index (χ2n) is 10.1. The largest absolute Gasteiger partial charge is 0.408 e. The SMILES string of the molecule is Cc1cc(F)cnc1-c1ccc2c(c1)CC(=O)[C@]21OCN(CC(=O)N(Cc2ccc(F)cc2)[C@@H](C)C(F)(F)F)C1=O. The number of hydrogen-bond acceptors (Lipinski definition) is 5. The molecular formula is C29H24F5N3O4. The zero-order chi connectivity index (χ0) is 29.7. The van der Waals surface area contributed by atoms with Gasteiger partial charge in [0.25, 0.3) is 5.91 Å². The van der Waals surface area contributed by atoms with Crippen molar-refractivity contribution in [3.05, 3.63) is 88.6 Å². The minimum Gasteiger partial charge on any atom is -0.332 e. The number of aryl methyl sites for hydroxylation is 1. The van der Waals surface area contributed by atoms with Crippen LogP contribution in [0.15, 0.2) is 54.7 Å². The van der Waals surface area contributed by atoms with Gasteiger partial charge in [0.2, 0.25) is 11.5 Å². The van der Waals surface area contributed by atoms with E-state index in [-0.39, 0.29) is 17.5 Å². The zero-order valence-electron chi connectivity index (χ0n) is 22.0. The standard InChI is InChI=1S/C29H24F5N3O4/c1-16-9-22(31)12-35-26(16)19-5-8-23-20(10-19)11-24(38)28(23)27(40)36(15-41-28)14-25(39)37(17(2)29(32,33)34)13-18-3-6-21(30)7-4-18/h3-10,12,17H,11,13-15H2,1-2H3/t17-,28+/m0/s1. The molecule has 5 rings (SSSR count). The van der Waals surface area contributed by atoms with Gasteiger partial charge < -0.3 is 14.5 Å². The van der Waals surface area contributed by atoms with E-state index in [2.05, 4.69) is 4.98 Å². The molecule has 7 nitrogen and oxygen atoms in total. The van der Waals surface area contributed by atoms with E-state index in [0.29, 0.717) is 27.3 Å². The van der Waals surface area contributed by atoms with Gasteiger partial charge >= 0.3 is 6.18 Å². The summed E-state index contributed by atoms with van der Waals surface area (Å²) in [5.41, 5.74) is 0.672. The fourth-order valence-corrected chi connectivity index (χ4v) is 5.21. The Bertz CT molecular complexity index is 1540. The number of benzene rings is 2. The predicted octanol–water partition coefficient (Wildman–Crippen LogP) is 4.45.